The quantitative estimate of drug-likeness (QED) is 0.729. The van der Waals surface area contributed by atoms with Crippen molar-refractivity contribution < 1.29 is 40.6 Å². The molecular weight excluding hydrogens is 403 g/mol. The van der Waals surface area contributed by atoms with Crippen LogP contribution in [0.1, 0.15) is 37.2 Å². The Morgan fingerprint density at radius 2 is 1.62 bits per heavy atom. The molecule has 1 aliphatic heterocycles. The Labute approximate surface area is 155 Å². The number of hydrogen-bond acceptors (Lipinski definition) is 4. The molecule has 24 heavy (non-hydrogen) atoms. The van der Waals surface area contributed by atoms with Crippen molar-refractivity contribution >= 4 is 12.0 Å². The molecule has 2 N–H and O–H groups in total. The predicted octanol–water partition coefficient (Wildman–Crippen LogP) is 0.925. The van der Waals surface area contributed by atoms with Gasteiger partial charge in [0.25, 0.3) is 0 Å². The molecule has 0 aromatic heterocycles. The van der Waals surface area contributed by atoms with Crippen LogP contribution < -0.4 is 10.4 Å². The summed E-state index contributed by atoms with van der Waals surface area (Å²) in [5, 5.41) is 12.9. The summed E-state index contributed by atoms with van der Waals surface area (Å²) in [7, 11) is 0. The standard InChI is InChI=1S/C17H22N2O3.H2O.Pd/c20-16(13-6-8-15(9-7-13)18-17(21)22)19-10-14(11-19)12-4-2-1-3-5-12;;/h1-5,13-15,18H,6-11H2,(H,21,22);1H2;/q;;+2/p-2/t13-,15-;;. The van der Waals surface area contributed by atoms with Crippen LogP contribution in [-0.2, 0) is 25.2 Å². The molecule has 1 aliphatic carbocycles. The van der Waals surface area contributed by atoms with E-state index < -0.39 is 6.09 Å². The van der Waals surface area contributed by atoms with Gasteiger partial charge in [-0.25, -0.2) is 0 Å². The van der Waals surface area contributed by atoms with Crippen LogP contribution in [0.5, 0.6) is 0 Å². The van der Waals surface area contributed by atoms with Gasteiger partial charge in [0, 0.05) is 31.0 Å². The van der Waals surface area contributed by atoms with Gasteiger partial charge in [-0.1, -0.05) is 30.3 Å². The Morgan fingerprint density at radius 3 is 2.17 bits per heavy atom. The molecule has 0 radical (unpaired) electrons. The van der Waals surface area contributed by atoms with Gasteiger partial charge in [0.2, 0.25) is 5.91 Å². The minimum absolute atomic E-state index is 0. The molecule has 3 rings (SSSR count). The molecule has 6 nitrogen and oxygen atoms in total. The van der Waals surface area contributed by atoms with Gasteiger partial charge in [0.15, 0.2) is 0 Å². The van der Waals surface area contributed by atoms with Gasteiger partial charge < -0.3 is 25.6 Å². The van der Waals surface area contributed by atoms with E-state index in [1.165, 1.54) is 5.56 Å². The van der Waals surface area contributed by atoms with E-state index in [0.29, 0.717) is 5.92 Å². The first kappa shape index (κ1) is 20.6. The molecule has 0 spiro atoms. The summed E-state index contributed by atoms with van der Waals surface area (Å²) >= 11 is 0. The second-order valence-electron chi connectivity index (χ2n) is 6.33. The van der Waals surface area contributed by atoms with E-state index in [2.05, 4.69) is 17.4 Å². The van der Waals surface area contributed by atoms with Crippen molar-refractivity contribution in [2.75, 3.05) is 13.1 Å². The van der Waals surface area contributed by atoms with Gasteiger partial charge >= 0.3 is 20.4 Å². The number of amides is 2. The number of carbonyl (C=O) groups excluding carboxylic acids is 2. The van der Waals surface area contributed by atoms with Gasteiger partial charge in [-0.3, -0.25) is 4.79 Å². The maximum absolute atomic E-state index is 12.5. The Kier molecular flexibility index (Phi) is 7.88. The number of carboxylic acid groups (broad SMARTS) is 1. The molecule has 1 aromatic rings. The number of hydrogen-bond donors (Lipinski definition) is 1. The Balaban J connectivity index is 0.00000144. The number of nitrogens with zero attached hydrogens (tertiary/aromatic N) is 1. The van der Waals surface area contributed by atoms with Gasteiger partial charge in [-0.15, -0.1) is 0 Å². The molecule has 1 saturated carbocycles. The second kappa shape index (κ2) is 9.17. The summed E-state index contributed by atoms with van der Waals surface area (Å²) in [4.78, 5) is 24.9. The van der Waals surface area contributed by atoms with Crippen molar-refractivity contribution in [1.29, 1.82) is 0 Å². The molecule has 1 saturated heterocycles. The molecular formula is C17H22N2O4Pd. The van der Waals surface area contributed by atoms with Gasteiger partial charge in [0.1, 0.15) is 6.09 Å². The largest absolute Gasteiger partial charge is 2.00 e. The molecule has 0 unspecified atom stereocenters. The zero-order valence-electron chi connectivity index (χ0n) is 13.3. The molecule has 134 valence electrons. The maximum atomic E-state index is 12.5. The number of rotatable bonds is 3. The minimum Gasteiger partial charge on any atom is -0.870 e. The molecule has 7 heteroatoms. The fraction of sp³-hybridized carbons (Fsp3) is 0.529. The summed E-state index contributed by atoms with van der Waals surface area (Å²) in [5.74, 6) is 0.747. The average Bonchev–Trinajstić information content (AvgIpc) is 2.47. The molecule has 2 amide bonds. The van der Waals surface area contributed by atoms with Crippen LogP contribution in [-0.4, -0.2) is 41.5 Å². The van der Waals surface area contributed by atoms with Crippen molar-refractivity contribution in [2.45, 2.75) is 37.6 Å². The fourth-order valence-electron chi connectivity index (χ4n) is 3.50. The van der Waals surface area contributed by atoms with E-state index in [1.807, 2.05) is 23.1 Å². The van der Waals surface area contributed by atoms with Crippen molar-refractivity contribution in [3.05, 3.63) is 35.9 Å². The number of carbonyl (C=O) groups is 2. The molecule has 2 fully saturated rings. The van der Waals surface area contributed by atoms with E-state index in [1.54, 1.807) is 0 Å². The zero-order valence-corrected chi connectivity index (χ0v) is 14.9. The first-order valence-corrected chi connectivity index (χ1v) is 7.94. The number of benzene rings is 1. The summed E-state index contributed by atoms with van der Waals surface area (Å²) < 4.78 is 0. The Bertz CT molecular complexity index is 541. The van der Waals surface area contributed by atoms with Gasteiger partial charge in [0.05, 0.1) is 0 Å². The third-order valence-electron chi connectivity index (χ3n) is 4.86. The topological polar surface area (TPSA) is 102 Å². The van der Waals surface area contributed by atoms with E-state index in [0.717, 1.165) is 38.8 Å². The normalized spacial score (nSPS) is 23.2. The fourth-order valence-corrected chi connectivity index (χ4v) is 3.50. The van der Waals surface area contributed by atoms with E-state index in [-0.39, 0.29) is 43.8 Å². The summed E-state index contributed by atoms with van der Waals surface area (Å²) in [6.07, 6.45) is 1.75. The van der Waals surface area contributed by atoms with Crippen LogP contribution >= 0.6 is 0 Å². The molecule has 0 bridgehead atoms. The smallest absolute Gasteiger partial charge is 0.870 e. The van der Waals surface area contributed by atoms with Crippen molar-refractivity contribution in [3.8, 4) is 0 Å². The maximum Gasteiger partial charge on any atom is 2.00 e. The Hall–Kier alpha value is -1.42. The van der Waals surface area contributed by atoms with Crippen molar-refractivity contribution in [2.24, 2.45) is 5.92 Å². The SMILES string of the molecule is O=C([O-])N[C@H]1CC[C@H](C(=O)N2CC(c3ccccc3)C2)CC1.[OH-].[Pd+2]. The van der Waals surface area contributed by atoms with E-state index >= 15 is 0 Å². The third kappa shape index (κ3) is 4.79. The molecule has 2 aliphatic rings. The average molecular weight is 425 g/mol. The second-order valence-corrected chi connectivity index (χ2v) is 6.33. The van der Waals surface area contributed by atoms with Crippen LogP contribution in [0.2, 0.25) is 0 Å². The monoisotopic (exact) mass is 424 g/mol. The van der Waals surface area contributed by atoms with Gasteiger partial charge in [-0.2, -0.15) is 0 Å². The first-order chi connectivity index (χ1) is 10.6. The molecule has 1 aromatic carbocycles. The predicted molar refractivity (Wildman–Crippen MR) is 82.0 cm³/mol. The van der Waals surface area contributed by atoms with Crippen LogP contribution in [0.15, 0.2) is 30.3 Å². The van der Waals surface area contributed by atoms with E-state index in [9.17, 15) is 14.7 Å². The van der Waals surface area contributed by atoms with Crippen LogP contribution in [0.4, 0.5) is 4.79 Å². The van der Waals surface area contributed by atoms with Crippen LogP contribution in [0.3, 0.4) is 0 Å². The first-order valence-electron chi connectivity index (χ1n) is 7.94. The molecule has 0 atom stereocenters. The Morgan fingerprint density at radius 1 is 1.04 bits per heavy atom. The van der Waals surface area contributed by atoms with Crippen LogP contribution in [0, 0.1) is 5.92 Å². The number of nitrogens with one attached hydrogen (secondary N) is 1. The minimum atomic E-state index is -1.22. The van der Waals surface area contributed by atoms with Gasteiger partial charge in [-0.05, 0) is 31.2 Å². The summed E-state index contributed by atoms with van der Waals surface area (Å²) in [6, 6.07) is 10.2. The zero-order chi connectivity index (χ0) is 15.5. The number of likely N-dealkylation sites (tertiary alicyclic amines) is 1. The summed E-state index contributed by atoms with van der Waals surface area (Å²) in [6.45, 7) is 1.61. The van der Waals surface area contributed by atoms with Crippen molar-refractivity contribution in [3.63, 3.8) is 0 Å². The third-order valence-corrected chi connectivity index (χ3v) is 4.86. The van der Waals surface area contributed by atoms with E-state index in [4.69, 9.17) is 0 Å². The molecule has 1 heterocycles. The van der Waals surface area contributed by atoms with Crippen LogP contribution in [0.25, 0.3) is 0 Å². The summed E-state index contributed by atoms with van der Waals surface area (Å²) in [5.41, 5.74) is 1.30. The van der Waals surface area contributed by atoms with Crippen molar-refractivity contribution in [1.82, 2.24) is 10.2 Å².